The van der Waals surface area contributed by atoms with Crippen molar-refractivity contribution in [3.05, 3.63) is 34.9 Å². The number of phenols is 1. The van der Waals surface area contributed by atoms with E-state index in [-0.39, 0.29) is 11.5 Å². The van der Waals surface area contributed by atoms with E-state index in [0.717, 1.165) is 16.7 Å². The van der Waals surface area contributed by atoms with Gasteiger partial charge in [0, 0.05) is 14.2 Å². The number of allylic oxidation sites excluding steroid dienone is 1. The molecule has 0 bridgehead atoms. The number of hydrogen-bond acceptors (Lipinski definition) is 5. The van der Waals surface area contributed by atoms with E-state index in [1.807, 2.05) is 0 Å². The monoisotopic (exact) mass is 326 g/mol. The Labute approximate surface area is 131 Å². The van der Waals surface area contributed by atoms with E-state index in [9.17, 15) is 14.5 Å². The largest absolute Gasteiger partial charge is 0.507 e. The molecule has 0 saturated heterocycles. The zero-order valence-corrected chi connectivity index (χ0v) is 14.7. The van der Waals surface area contributed by atoms with Crippen molar-refractivity contribution in [1.29, 1.82) is 0 Å². The molecular weight excluding hydrogens is 303 g/mol. The van der Waals surface area contributed by atoms with Gasteiger partial charge in [-0.2, -0.15) is 0 Å². The summed E-state index contributed by atoms with van der Waals surface area (Å²) in [5, 5.41) is 8.46. The van der Waals surface area contributed by atoms with Crippen LogP contribution in [0.15, 0.2) is 18.2 Å². The fraction of sp³-hybridized carbons (Fsp3) is 0.438. The lowest BCUT2D eigenvalue weighted by Crippen LogP contribution is -2.31. The molecular formula is C16H23O5P. The van der Waals surface area contributed by atoms with Crippen LogP contribution in [0.2, 0.25) is 0 Å². The topological polar surface area (TPSA) is 72.8 Å². The highest BCUT2D eigenvalue weighted by molar-refractivity contribution is 7.56. The molecule has 0 saturated carbocycles. The van der Waals surface area contributed by atoms with Gasteiger partial charge in [-0.3, -0.25) is 9.36 Å². The number of rotatable bonds is 6. The number of hydrogen-bond donors (Lipinski definition) is 1. The second-order valence-electron chi connectivity index (χ2n) is 5.62. The second-order valence-corrected chi connectivity index (χ2v) is 8.47. The first kappa shape index (κ1) is 18.6. The van der Waals surface area contributed by atoms with Gasteiger partial charge in [-0.1, -0.05) is 6.08 Å². The lowest BCUT2D eigenvalue weighted by molar-refractivity contribution is -0.116. The van der Waals surface area contributed by atoms with Gasteiger partial charge in [-0.15, -0.1) is 0 Å². The highest BCUT2D eigenvalue weighted by Gasteiger charge is 2.46. The smallest absolute Gasteiger partial charge is 0.343 e. The van der Waals surface area contributed by atoms with Crippen molar-refractivity contribution in [2.24, 2.45) is 0 Å². The number of aromatic hydroxyl groups is 1. The van der Waals surface area contributed by atoms with E-state index >= 15 is 0 Å². The molecule has 122 valence electrons. The predicted molar refractivity (Wildman–Crippen MR) is 87.3 cm³/mol. The minimum atomic E-state index is -3.53. The fourth-order valence-corrected chi connectivity index (χ4v) is 3.53. The zero-order valence-electron chi connectivity index (χ0n) is 13.8. The first-order valence-corrected chi connectivity index (χ1v) is 8.37. The van der Waals surface area contributed by atoms with Crippen molar-refractivity contribution in [2.45, 2.75) is 32.9 Å². The van der Waals surface area contributed by atoms with Crippen LogP contribution in [-0.2, 0) is 18.4 Å². The summed E-state index contributed by atoms with van der Waals surface area (Å²) < 4.78 is 22.3. The van der Waals surface area contributed by atoms with Gasteiger partial charge in [-0.25, -0.2) is 0 Å². The average Bonchev–Trinajstić information content (AvgIpc) is 2.48. The predicted octanol–water partition coefficient (Wildman–Crippen LogP) is 3.86. The summed E-state index contributed by atoms with van der Waals surface area (Å²) in [5.41, 5.74) is 2.23. The summed E-state index contributed by atoms with van der Waals surface area (Å²) in [6.07, 6.45) is 2.98. The molecule has 0 spiro atoms. The molecule has 0 aliphatic carbocycles. The maximum atomic E-state index is 12.4. The van der Waals surface area contributed by atoms with Crippen LogP contribution in [0, 0.1) is 13.8 Å². The van der Waals surface area contributed by atoms with Crippen LogP contribution >= 0.6 is 7.60 Å². The molecule has 22 heavy (non-hydrogen) atoms. The lowest BCUT2D eigenvalue weighted by Gasteiger charge is -2.28. The summed E-state index contributed by atoms with van der Waals surface area (Å²) in [5.74, 6) is -0.116. The van der Waals surface area contributed by atoms with Gasteiger partial charge >= 0.3 is 7.60 Å². The molecule has 0 unspecified atom stereocenters. The van der Waals surface area contributed by atoms with E-state index in [0.29, 0.717) is 0 Å². The molecule has 0 heterocycles. The number of benzene rings is 1. The number of phenolic OH excluding ortho intramolecular Hbond substituents is 1. The summed E-state index contributed by atoms with van der Waals surface area (Å²) in [7, 11) is -1.01. The Morgan fingerprint density at radius 3 is 2.05 bits per heavy atom. The minimum absolute atomic E-state index is 0.243. The van der Waals surface area contributed by atoms with Crippen molar-refractivity contribution in [3.8, 4) is 5.75 Å². The Kier molecular flexibility index (Phi) is 5.74. The number of aryl methyl sites for hydroxylation is 2. The van der Waals surface area contributed by atoms with E-state index in [4.69, 9.17) is 9.05 Å². The van der Waals surface area contributed by atoms with Gasteiger partial charge in [-0.05, 0) is 62.6 Å². The normalized spacial score (nSPS) is 12.8. The Balaban J connectivity index is 3.09. The first-order valence-electron chi connectivity index (χ1n) is 6.83. The third-order valence-electron chi connectivity index (χ3n) is 3.71. The molecule has 1 aromatic carbocycles. The van der Waals surface area contributed by atoms with E-state index < -0.39 is 12.8 Å². The number of carbonyl (C=O) groups excluding carboxylic acids is 1. The van der Waals surface area contributed by atoms with Crippen LogP contribution in [-0.4, -0.2) is 30.3 Å². The van der Waals surface area contributed by atoms with Gasteiger partial charge < -0.3 is 14.2 Å². The Morgan fingerprint density at radius 2 is 1.64 bits per heavy atom. The first-order chi connectivity index (χ1) is 10.1. The number of carbonyl (C=O) groups is 1. The third kappa shape index (κ3) is 3.49. The van der Waals surface area contributed by atoms with E-state index in [1.54, 1.807) is 32.1 Å². The third-order valence-corrected chi connectivity index (χ3v) is 6.26. The summed E-state index contributed by atoms with van der Waals surface area (Å²) >= 11 is 0. The molecule has 1 N–H and O–H groups in total. The molecule has 1 aromatic rings. The molecule has 0 amide bonds. The van der Waals surface area contributed by atoms with E-state index in [1.165, 1.54) is 34.1 Å². The molecule has 0 fully saturated rings. The molecule has 0 aliphatic rings. The highest BCUT2D eigenvalue weighted by Crippen LogP contribution is 2.59. The maximum Gasteiger partial charge on any atom is 0.343 e. The quantitative estimate of drug-likeness (QED) is 0.635. The van der Waals surface area contributed by atoms with Crippen molar-refractivity contribution in [1.82, 2.24) is 0 Å². The molecule has 0 aromatic heterocycles. The summed E-state index contributed by atoms with van der Waals surface area (Å²) in [6, 6.07) is 3.54. The van der Waals surface area contributed by atoms with Gasteiger partial charge in [0.15, 0.2) is 5.78 Å². The van der Waals surface area contributed by atoms with Gasteiger partial charge in [0.2, 0.25) is 0 Å². The van der Waals surface area contributed by atoms with Gasteiger partial charge in [0.25, 0.3) is 0 Å². The molecule has 1 rings (SSSR count). The Bertz CT molecular complexity index is 615. The average molecular weight is 326 g/mol. The Morgan fingerprint density at radius 1 is 1.18 bits per heavy atom. The second kappa shape index (κ2) is 6.78. The van der Waals surface area contributed by atoms with Crippen LogP contribution in [0.25, 0.3) is 6.08 Å². The van der Waals surface area contributed by atoms with Gasteiger partial charge in [0.1, 0.15) is 10.9 Å². The molecule has 0 aliphatic heterocycles. The summed E-state index contributed by atoms with van der Waals surface area (Å²) in [6.45, 7) is 6.63. The highest BCUT2D eigenvalue weighted by atomic mass is 31.2. The van der Waals surface area contributed by atoms with Crippen LogP contribution in [0.4, 0.5) is 0 Å². The van der Waals surface area contributed by atoms with E-state index in [2.05, 4.69) is 0 Å². The van der Waals surface area contributed by atoms with Crippen LogP contribution < -0.4 is 0 Å². The molecule has 6 heteroatoms. The number of ketones is 1. The fourth-order valence-electron chi connectivity index (χ4n) is 2.13. The minimum Gasteiger partial charge on any atom is -0.507 e. The van der Waals surface area contributed by atoms with Crippen molar-refractivity contribution in [2.75, 3.05) is 14.2 Å². The van der Waals surface area contributed by atoms with Crippen LogP contribution in [0.3, 0.4) is 0 Å². The lowest BCUT2D eigenvalue weighted by atomic mass is 10.0. The van der Waals surface area contributed by atoms with Crippen LogP contribution in [0.1, 0.15) is 30.5 Å². The van der Waals surface area contributed by atoms with Crippen molar-refractivity contribution >= 4 is 19.5 Å². The SMILES string of the molecule is COP(=O)(OC)C(C)(C)C(=O)C=Cc1cc(C)c(O)c(C)c1. The van der Waals surface area contributed by atoms with Gasteiger partial charge in [0.05, 0.1) is 0 Å². The van der Waals surface area contributed by atoms with Crippen molar-refractivity contribution in [3.63, 3.8) is 0 Å². The molecule has 0 atom stereocenters. The molecule has 5 nitrogen and oxygen atoms in total. The Hall–Kier alpha value is -1.42. The standard InChI is InChI=1S/C16H23O5P/c1-11-9-13(10-12(2)15(11)18)7-8-14(17)16(3,4)22(19,20-5)21-6/h7-10,18H,1-6H3. The van der Waals surface area contributed by atoms with Crippen LogP contribution in [0.5, 0.6) is 5.75 Å². The van der Waals surface area contributed by atoms with Crippen molar-refractivity contribution < 1.29 is 23.5 Å². The zero-order chi connectivity index (χ0) is 17.1. The summed E-state index contributed by atoms with van der Waals surface area (Å²) in [4.78, 5) is 12.4. The maximum absolute atomic E-state index is 12.4. The molecule has 0 radical (unpaired) electrons.